The average Bonchev–Trinajstić information content (AvgIpc) is 2.71. The van der Waals surface area contributed by atoms with Gasteiger partial charge in [-0.15, -0.1) is 0 Å². The number of hydrogen-bond donors (Lipinski definition) is 1. The van der Waals surface area contributed by atoms with Crippen molar-refractivity contribution in [2.24, 2.45) is 5.92 Å². The number of hydrogen-bond acceptors (Lipinski definition) is 2. The van der Waals surface area contributed by atoms with Crippen LogP contribution in [0.5, 0.6) is 0 Å². The number of carbonyl (C=O) groups is 1. The van der Waals surface area contributed by atoms with Crippen molar-refractivity contribution in [1.29, 1.82) is 0 Å². The molecular formula is C11H10F2O3. The van der Waals surface area contributed by atoms with Gasteiger partial charge in [0.05, 0.1) is 12.0 Å². The van der Waals surface area contributed by atoms with E-state index in [0.717, 1.165) is 12.1 Å². The standard InChI is InChI=1S/C11H10F2O3/c12-8-2-1-6(5-9(8)13)10-7(11(14)15)3-4-16-10/h1-2,5,7,10H,3-4H2,(H,14,15)/t7-,10-/m0/s1. The summed E-state index contributed by atoms with van der Waals surface area (Å²) in [6, 6.07) is 3.32. The molecule has 1 heterocycles. The summed E-state index contributed by atoms with van der Waals surface area (Å²) in [7, 11) is 0. The van der Waals surface area contributed by atoms with Crippen molar-refractivity contribution in [2.45, 2.75) is 12.5 Å². The second-order valence-electron chi connectivity index (χ2n) is 3.70. The van der Waals surface area contributed by atoms with Crippen molar-refractivity contribution in [1.82, 2.24) is 0 Å². The lowest BCUT2D eigenvalue weighted by Crippen LogP contribution is -2.17. The Hall–Kier alpha value is -1.49. The predicted octanol–water partition coefficient (Wildman–Crippen LogP) is 2.13. The average molecular weight is 228 g/mol. The molecule has 0 amide bonds. The molecule has 5 heteroatoms. The van der Waals surface area contributed by atoms with Gasteiger partial charge in [0.2, 0.25) is 0 Å². The lowest BCUT2D eigenvalue weighted by Gasteiger charge is -2.15. The van der Waals surface area contributed by atoms with E-state index in [1.165, 1.54) is 6.07 Å². The first-order valence-electron chi connectivity index (χ1n) is 4.89. The fraction of sp³-hybridized carbons (Fsp3) is 0.364. The Labute approximate surface area is 90.7 Å². The third-order valence-corrected chi connectivity index (χ3v) is 2.68. The highest BCUT2D eigenvalue weighted by Gasteiger charge is 2.35. The van der Waals surface area contributed by atoms with E-state index in [0.29, 0.717) is 18.6 Å². The molecule has 0 saturated carbocycles. The van der Waals surface area contributed by atoms with Gasteiger partial charge in [-0.2, -0.15) is 0 Å². The van der Waals surface area contributed by atoms with Crippen LogP contribution < -0.4 is 0 Å². The molecule has 0 radical (unpaired) electrons. The van der Waals surface area contributed by atoms with Crippen molar-refractivity contribution in [3.8, 4) is 0 Å². The zero-order valence-corrected chi connectivity index (χ0v) is 8.32. The summed E-state index contributed by atoms with van der Waals surface area (Å²) >= 11 is 0. The SMILES string of the molecule is O=C(O)[C@H]1CCO[C@H]1c1ccc(F)c(F)c1. The molecular weight excluding hydrogens is 218 g/mol. The summed E-state index contributed by atoms with van der Waals surface area (Å²) in [6.07, 6.45) is -0.300. The summed E-state index contributed by atoms with van der Waals surface area (Å²) in [5, 5.41) is 8.92. The van der Waals surface area contributed by atoms with Gasteiger partial charge < -0.3 is 9.84 Å². The van der Waals surface area contributed by atoms with Gasteiger partial charge in [0, 0.05) is 6.61 Å². The molecule has 1 aromatic rings. The highest BCUT2D eigenvalue weighted by molar-refractivity contribution is 5.71. The minimum absolute atomic E-state index is 0.320. The molecule has 2 rings (SSSR count). The van der Waals surface area contributed by atoms with Gasteiger partial charge in [-0.05, 0) is 24.1 Å². The maximum atomic E-state index is 13.0. The molecule has 1 saturated heterocycles. The Balaban J connectivity index is 2.29. The molecule has 0 aliphatic carbocycles. The van der Waals surface area contributed by atoms with Crippen molar-refractivity contribution in [3.63, 3.8) is 0 Å². The normalized spacial score (nSPS) is 24.6. The molecule has 1 aliphatic rings. The first-order chi connectivity index (χ1) is 7.59. The summed E-state index contributed by atoms with van der Waals surface area (Å²) in [6.45, 7) is 0.320. The maximum absolute atomic E-state index is 13.0. The van der Waals surface area contributed by atoms with E-state index in [1.54, 1.807) is 0 Å². The summed E-state index contributed by atoms with van der Waals surface area (Å²) in [5.74, 6) is -3.61. The number of ether oxygens (including phenoxy) is 1. The van der Waals surface area contributed by atoms with E-state index < -0.39 is 29.6 Å². The highest BCUT2D eigenvalue weighted by Crippen LogP contribution is 2.35. The molecule has 0 aromatic heterocycles. The molecule has 0 bridgehead atoms. The van der Waals surface area contributed by atoms with Crippen molar-refractivity contribution in [3.05, 3.63) is 35.4 Å². The summed E-state index contributed by atoms with van der Waals surface area (Å²) < 4.78 is 30.9. The van der Waals surface area contributed by atoms with Gasteiger partial charge in [-0.1, -0.05) is 6.07 Å². The van der Waals surface area contributed by atoms with Crippen LogP contribution in [0.15, 0.2) is 18.2 Å². The second kappa shape index (κ2) is 4.17. The highest BCUT2D eigenvalue weighted by atomic mass is 19.2. The molecule has 16 heavy (non-hydrogen) atoms. The molecule has 0 spiro atoms. The fourth-order valence-corrected chi connectivity index (χ4v) is 1.86. The largest absolute Gasteiger partial charge is 0.481 e. The van der Waals surface area contributed by atoms with Gasteiger partial charge in [-0.3, -0.25) is 4.79 Å². The second-order valence-corrected chi connectivity index (χ2v) is 3.70. The van der Waals surface area contributed by atoms with Crippen molar-refractivity contribution >= 4 is 5.97 Å². The Kier molecular flexibility index (Phi) is 2.87. The topological polar surface area (TPSA) is 46.5 Å². The number of benzene rings is 1. The van der Waals surface area contributed by atoms with Crippen LogP contribution in [-0.2, 0) is 9.53 Å². The first-order valence-corrected chi connectivity index (χ1v) is 4.89. The molecule has 86 valence electrons. The number of carboxylic acid groups (broad SMARTS) is 1. The van der Waals surface area contributed by atoms with Crippen LogP contribution >= 0.6 is 0 Å². The molecule has 1 aliphatic heterocycles. The van der Waals surface area contributed by atoms with Crippen LogP contribution in [0.4, 0.5) is 8.78 Å². The summed E-state index contributed by atoms with van der Waals surface area (Å²) in [5.41, 5.74) is 0.365. The first kappa shape index (κ1) is 11.0. The number of carboxylic acids is 1. The fourth-order valence-electron chi connectivity index (χ4n) is 1.86. The smallest absolute Gasteiger partial charge is 0.309 e. The summed E-state index contributed by atoms with van der Waals surface area (Å²) in [4.78, 5) is 10.9. The van der Waals surface area contributed by atoms with E-state index in [1.807, 2.05) is 0 Å². The van der Waals surface area contributed by atoms with Gasteiger partial charge in [0.25, 0.3) is 0 Å². The molecule has 1 aromatic carbocycles. The minimum Gasteiger partial charge on any atom is -0.481 e. The van der Waals surface area contributed by atoms with E-state index >= 15 is 0 Å². The Morgan fingerprint density at radius 1 is 1.38 bits per heavy atom. The quantitative estimate of drug-likeness (QED) is 0.843. The van der Waals surface area contributed by atoms with Gasteiger partial charge in [0.15, 0.2) is 11.6 Å². The van der Waals surface area contributed by atoms with Gasteiger partial charge in [0.1, 0.15) is 0 Å². The van der Waals surface area contributed by atoms with E-state index in [4.69, 9.17) is 9.84 Å². The third kappa shape index (κ3) is 1.90. The molecule has 3 nitrogen and oxygen atoms in total. The number of halogens is 2. The Morgan fingerprint density at radius 2 is 2.12 bits per heavy atom. The van der Waals surface area contributed by atoms with Crippen LogP contribution in [0.1, 0.15) is 18.1 Å². The van der Waals surface area contributed by atoms with Crippen LogP contribution in [-0.4, -0.2) is 17.7 Å². The van der Waals surface area contributed by atoms with Crippen LogP contribution in [0.25, 0.3) is 0 Å². The van der Waals surface area contributed by atoms with E-state index in [-0.39, 0.29) is 0 Å². The van der Waals surface area contributed by atoms with Crippen molar-refractivity contribution in [2.75, 3.05) is 6.61 Å². The lowest BCUT2D eigenvalue weighted by molar-refractivity contribution is -0.143. The maximum Gasteiger partial charge on any atom is 0.309 e. The zero-order valence-electron chi connectivity index (χ0n) is 8.32. The predicted molar refractivity (Wildman–Crippen MR) is 50.8 cm³/mol. The Morgan fingerprint density at radius 3 is 2.75 bits per heavy atom. The van der Waals surface area contributed by atoms with Gasteiger partial charge >= 0.3 is 5.97 Å². The molecule has 1 fully saturated rings. The van der Waals surface area contributed by atoms with Crippen molar-refractivity contribution < 1.29 is 23.4 Å². The minimum atomic E-state index is -0.989. The van der Waals surface area contributed by atoms with Crippen LogP contribution in [0.2, 0.25) is 0 Å². The third-order valence-electron chi connectivity index (χ3n) is 2.68. The van der Waals surface area contributed by atoms with E-state index in [2.05, 4.69) is 0 Å². The van der Waals surface area contributed by atoms with Crippen LogP contribution in [0.3, 0.4) is 0 Å². The van der Waals surface area contributed by atoms with Crippen LogP contribution in [0, 0.1) is 17.6 Å². The number of aliphatic carboxylic acids is 1. The molecule has 2 atom stereocenters. The molecule has 1 N–H and O–H groups in total. The lowest BCUT2D eigenvalue weighted by atomic mass is 9.95. The van der Waals surface area contributed by atoms with E-state index in [9.17, 15) is 13.6 Å². The zero-order chi connectivity index (χ0) is 11.7. The molecule has 0 unspecified atom stereocenters. The Bertz CT molecular complexity index is 420. The monoisotopic (exact) mass is 228 g/mol. The number of rotatable bonds is 2. The van der Waals surface area contributed by atoms with Gasteiger partial charge in [-0.25, -0.2) is 8.78 Å².